The molecule has 3 rings (SSSR count). The lowest BCUT2D eigenvalue weighted by Gasteiger charge is -2.21. The van der Waals surface area contributed by atoms with Crippen molar-refractivity contribution in [1.29, 1.82) is 0 Å². The van der Waals surface area contributed by atoms with Gasteiger partial charge in [-0.2, -0.15) is 0 Å². The highest BCUT2D eigenvalue weighted by Crippen LogP contribution is 2.25. The van der Waals surface area contributed by atoms with Gasteiger partial charge in [0, 0.05) is 31.1 Å². The zero-order chi connectivity index (χ0) is 13.1. The second-order valence-corrected chi connectivity index (χ2v) is 5.03. The lowest BCUT2D eigenvalue weighted by atomic mass is 10.1. The molecule has 0 aromatic heterocycles. The Bertz CT molecular complexity index is 548. The molecule has 0 unspecified atom stereocenters. The van der Waals surface area contributed by atoms with Crippen molar-refractivity contribution in [3.05, 3.63) is 29.3 Å². The van der Waals surface area contributed by atoms with Crippen molar-refractivity contribution < 1.29 is 9.53 Å². The fourth-order valence-electron chi connectivity index (χ4n) is 2.54. The van der Waals surface area contributed by atoms with Crippen LogP contribution in [0.4, 0.5) is 0 Å². The maximum absolute atomic E-state index is 12.0. The molecule has 3 heteroatoms. The van der Waals surface area contributed by atoms with Crippen LogP contribution in [0.25, 0.3) is 0 Å². The summed E-state index contributed by atoms with van der Waals surface area (Å²) < 4.78 is 5.43. The SMILES string of the molecule is O=C(C#CN1CCCCC1)c1ccc2c(c1)CCO2. The summed E-state index contributed by atoms with van der Waals surface area (Å²) in [7, 11) is 0. The van der Waals surface area contributed by atoms with Gasteiger partial charge < -0.3 is 9.64 Å². The maximum atomic E-state index is 12.0. The largest absolute Gasteiger partial charge is 0.493 e. The van der Waals surface area contributed by atoms with Crippen LogP contribution in [0, 0.1) is 12.0 Å². The quantitative estimate of drug-likeness (QED) is 0.569. The van der Waals surface area contributed by atoms with Crippen LogP contribution in [0.3, 0.4) is 0 Å². The predicted molar refractivity (Wildman–Crippen MR) is 73.2 cm³/mol. The number of nitrogens with zero attached hydrogens (tertiary/aromatic N) is 1. The highest BCUT2D eigenvalue weighted by atomic mass is 16.5. The Balaban J connectivity index is 1.71. The first kappa shape index (κ1) is 12.1. The fraction of sp³-hybridized carbons (Fsp3) is 0.438. The molecule has 0 radical (unpaired) electrons. The molecule has 1 fully saturated rings. The molecule has 3 nitrogen and oxygen atoms in total. The Morgan fingerprint density at radius 3 is 2.89 bits per heavy atom. The van der Waals surface area contributed by atoms with E-state index >= 15 is 0 Å². The summed E-state index contributed by atoms with van der Waals surface area (Å²) >= 11 is 0. The van der Waals surface area contributed by atoms with Crippen molar-refractivity contribution in [2.75, 3.05) is 19.7 Å². The summed E-state index contributed by atoms with van der Waals surface area (Å²) in [5.74, 6) is 3.56. The molecule has 98 valence electrons. The number of piperidine rings is 1. The maximum Gasteiger partial charge on any atom is 0.237 e. The average molecular weight is 255 g/mol. The number of Topliss-reactive ketones (excluding diaryl/α,β-unsaturated/α-hetero) is 1. The van der Waals surface area contributed by atoms with Crippen LogP contribution in [0.15, 0.2) is 18.2 Å². The molecule has 0 spiro atoms. The number of carbonyl (C=O) groups excluding carboxylic acids is 1. The smallest absolute Gasteiger partial charge is 0.237 e. The van der Waals surface area contributed by atoms with Crippen LogP contribution < -0.4 is 4.74 Å². The van der Waals surface area contributed by atoms with Gasteiger partial charge in [0.05, 0.1) is 6.61 Å². The molecular formula is C16H17NO2. The second-order valence-electron chi connectivity index (χ2n) is 5.03. The number of hydrogen-bond acceptors (Lipinski definition) is 3. The van der Waals surface area contributed by atoms with E-state index < -0.39 is 0 Å². The Morgan fingerprint density at radius 2 is 2.05 bits per heavy atom. The molecule has 0 amide bonds. The van der Waals surface area contributed by atoms with E-state index in [9.17, 15) is 4.79 Å². The molecule has 19 heavy (non-hydrogen) atoms. The van der Waals surface area contributed by atoms with Crippen molar-refractivity contribution in [3.63, 3.8) is 0 Å². The molecule has 0 N–H and O–H groups in total. The average Bonchev–Trinajstić information content (AvgIpc) is 2.93. The molecule has 0 aliphatic carbocycles. The van der Waals surface area contributed by atoms with Gasteiger partial charge >= 0.3 is 0 Å². The van der Waals surface area contributed by atoms with Crippen LogP contribution in [-0.4, -0.2) is 30.4 Å². The Kier molecular flexibility index (Phi) is 3.41. The molecule has 1 aromatic carbocycles. The van der Waals surface area contributed by atoms with E-state index in [1.807, 2.05) is 12.1 Å². The third kappa shape index (κ3) is 2.73. The van der Waals surface area contributed by atoms with Crippen LogP contribution in [0.5, 0.6) is 5.75 Å². The minimum atomic E-state index is -0.0970. The third-order valence-corrected chi connectivity index (χ3v) is 3.64. The highest BCUT2D eigenvalue weighted by molar-refractivity contribution is 6.09. The fourth-order valence-corrected chi connectivity index (χ4v) is 2.54. The molecule has 0 atom stereocenters. The molecule has 2 heterocycles. The van der Waals surface area contributed by atoms with Gasteiger partial charge in [0.25, 0.3) is 0 Å². The summed E-state index contributed by atoms with van der Waals surface area (Å²) in [6, 6.07) is 8.58. The number of benzene rings is 1. The first-order valence-electron chi connectivity index (χ1n) is 6.89. The third-order valence-electron chi connectivity index (χ3n) is 3.64. The Hall–Kier alpha value is -1.95. The van der Waals surface area contributed by atoms with Crippen LogP contribution in [-0.2, 0) is 6.42 Å². The van der Waals surface area contributed by atoms with E-state index in [0.717, 1.165) is 30.8 Å². The Morgan fingerprint density at radius 1 is 1.21 bits per heavy atom. The molecule has 2 aliphatic heterocycles. The Labute approximate surface area is 113 Å². The summed E-state index contributed by atoms with van der Waals surface area (Å²) in [6.07, 6.45) is 4.52. The number of rotatable bonds is 1. The van der Waals surface area contributed by atoms with Gasteiger partial charge in [-0.05, 0) is 48.9 Å². The summed E-state index contributed by atoms with van der Waals surface area (Å²) in [4.78, 5) is 14.1. The van der Waals surface area contributed by atoms with E-state index in [2.05, 4.69) is 16.9 Å². The first-order chi connectivity index (χ1) is 9.33. The molecule has 0 bridgehead atoms. The lowest BCUT2D eigenvalue weighted by Crippen LogP contribution is -2.25. The van der Waals surface area contributed by atoms with E-state index in [4.69, 9.17) is 4.74 Å². The number of carbonyl (C=O) groups is 1. The van der Waals surface area contributed by atoms with Gasteiger partial charge in [0.1, 0.15) is 5.75 Å². The van der Waals surface area contributed by atoms with Crippen LogP contribution in [0.1, 0.15) is 35.2 Å². The van der Waals surface area contributed by atoms with Gasteiger partial charge in [-0.3, -0.25) is 4.79 Å². The summed E-state index contributed by atoms with van der Waals surface area (Å²) in [5.41, 5.74) is 1.79. The number of hydrogen-bond donors (Lipinski definition) is 0. The monoisotopic (exact) mass is 255 g/mol. The van der Waals surface area contributed by atoms with E-state index in [-0.39, 0.29) is 5.78 Å². The number of ketones is 1. The molecule has 0 saturated carbocycles. The minimum Gasteiger partial charge on any atom is -0.493 e. The van der Waals surface area contributed by atoms with Crippen LogP contribution >= 0.6 is 0 Å². The van der Waals surface area contributed by atoms with Crippen molar-refractivity contribution in [2.45, 2.75) is 25.7 Å². The van der Waals surface area contributed by atoms with E-state index in [1.165, 1.54) is 19.3 Å². The van der Waals surface area contributed by atoms with Gasteiger partial charge in [-0.15, -0.1) is 0 Å². The van der Waals surface area contributed by atoms with Gasteiger partial charge in [0.2, 0.25) is 5.78 Å². The van der Waals surface area contributed by atoms with Crippen molar-refractivity contribution >= 4 is 5.78 Å². The van der Waals surface area contributed by atoms with E-state index in [0.29, 0.717) is 12.2 Å². The topological polar surface area (TPSA) is 29.5 Å². The van der Waals surface area contributed by atoms with Gasteiger partial charge in [-0.1, -0.05) is 0 Å². The molecule has 1 saturated heterocycles. The van der Waals surface area contributed by atoms with Crippen molar-refractivity contribution in [3.8, 4) is 17.7 Å². The zero-order valence-corrected chi connectivity index (χ0v) is 10.9. The van der Waals surface area contributed by atoms with Crippen LogP contribution in [0.2, 0.25) is 0 Å². The standard InChI is InChI=1S/C16H17NO2/c18-15(6-10-17-8-2-1-3-9-17)13-4-5-16-14(12-13)7-11-19-16/h4-5,12H,1-3,7-9,11H2. The highest BCUT2D eigenvalue weighted by Gasteiger charge is 2.14. The van der Waals surface area contributed by atoms with Gasteiger partial charge in [0.15, 0.2) is 0 Å². The summed E-state index contributed by atoms with van der Waals surface area (Å²) in [5, 5.41) is 0. The molecule has 2 aliphatic rings. The first-order valence-corrected chi connectivity index (χ1v) is 6.89. The number of likely N-dealkylation sites (tertiary alicyclic amines) is 1. The number of ether oxygens (including phenoxy) is 1. The van der Waals surface area contributed by atoms with E-state index in [1.54, 1.807) is 6.07 Å². The molecular weight excluding hydrogens is 238 g/mol. The second kappa shape index (κ2) is 5.36. The van der Waals surface area contributed by atoms with Crippen molar-refractivity contribution in [2.24, 2.45) is 0 Å². The number of fused-ring (bicyclic) bond motifs is 1. The predicted octanol–water partition coefficient (Wildman–Crippen LogP) is 2.25. The lowest BCUT2D eigenvalue weighted by molar-refractivity contribution is 0.105. The van der Waals surface area contributed by atoms with Gasteiger partial charge in [-0.25, -0.2) is 0 Å². The normalized spacial score (nSPS) is 17.2. The molecule has 1 aromatic rings. The zero-order valence-electron chi connectivity index (χ0n) is 10.9. The van der Waals surface area contributed by atoms with Crippen molar-refractivity contribution in [1.82, 2.24) is 4.90 Å². The summed E-state index contributed by atoms with van der Waals surface area (Å²) in [6.45, 7) is 2.68. The minimum absolute atomic E-state index is 0.0970.